The van der Waals surface area contributed by atoms with Crippen LogP contribution in [0.15, 0.2) is 42.5 Å². The first-order chi connectivity index (χ1) is 12.6. The molecule has 134 valence electrons. The maximum absolute atomic E-state index is 12.1. The molecule has 0 atom stereocenters. The lowest BCUT2D eigenvalue weighted by Crippen LogP contribution is -2.30. The molecule has 0 saturated carbocycles. The fourth-order valence-electron chi connectivity index (χ4n) is 2.12. The molecule has 0 fully saturated rings. The van der Waals surface area contributed by atoms with Gasteiger partial charge in [0.1, 0.15) is 13.2 Å². The summed E-state index contributed by atoms with van der Waals surface area (Å²) in [5, 5.41) is 11.2. The Balaban J connectivity index is 1.84. The minimum atomic E-state index is -0.566. The van der Waals surface area contributed by atoms with Crippen LogP contribution >= 0.6 is 0 Å². The van der Waals surface area contributed by atoms with Crippen LogP contribution in [0.25, 0.3) is 0 Å². The molecule has 0 aliphatic rings. The second-order valence-corrected chi connectivity index (χ2v) is 5.22. The molecular formula is C19H18N2O5. The highest BCUT2D eigenvalue weighted by molar-refractivity contribution is 5.96. The summed E-state index contributed by atoms with van der Waals surface area (Å²) in [5.74, 6) is -0.0705. The van der Waals surface area contributed by atoms with Crippen molar-refractivity contribution in [3.63, 3.8) is 0 Å². The maximum atomic E-state index is 12.1. The molecule has 0 radical (unpaired) electrons. The molecule has 0 unspecified atom stereocenters. The first kappa shape index (κ1) is 18.8. The van der Waals surface area contributed by atoms with Gasteiger partial charge in [-0.3, -0.25) is 9.59 Å². The van der Waals surface area contributed by atoms with Crippen LogP contribution in [-0.4, -0.2) is 32.6 Å². The van der Waals surface area contributed by atoms with Gasteiger partial charge in [-0.1, -0.05) is 12.1 Å². The number of hydrogen-bond donors (Lipinski definition) is 1. The zero-order valence-corrected chi connectivity index (χ0v) is 14.4. The highest BCUT2D eigenvalue weighted by Crippen LogP contribution is 2.27. The third-order valence-electron chi connectivity index (χ3n) is 3.52. The van der Waals surface area contributed by atoms with Crippen molar-refractivity contribution in [1.29, 1.82) is 5.26 Å². The first-order valence-corrected chi connectivity index (χ1v) is 7.72. The number of esters is 1. The van der Waals surface area contributed by atoms with Crippen molar-refractivity contribution in [2.24, 2.45) is 0 Å². The van der Waals surface area contributed by atoms with Crippen LogP contribution in [0.1, 0.15) is 21.5 Å². The Kier molecular flexibility index (Phi) is 6.57. The van der Waals surface area contributed by atoms with Gasteiger partial charge in [0, 0.05) is 5.56 Å². The fraction of sp³-hybridized carbons (Fsp3) is 0.211. The van der Waals surface area contributed by atoms with Gasteiger partial charge in [-0.05, 0) is 35.9 Å². The number of hydrogen-bond acceptors (Lipinski definition) is 6. The summed E-state index contributed by atoms with van der Waals surface area (Å²) >= 11 is 0. The van der Waals surface area contributed by atoms with Gasteiger partial charge in [-0.2, -0.15) is 5.26 Å². The number of carbonyl (C=O) groups is 2. The van der Waals surface area contributed by atoms with E-state index in [-0.39, 0.29) is 13.2 Å². The first-order valence-electron chi connectivity index (χ1n) is 7.72. The lowest BCUT2D eigenvalue weighted by molar-refractivity contribution is -0.143. The van der Waals surface area contributed by atoms with Gasteiger partial charge in [0.15, 0.2) is 11.5 Å². The standard InChI is InChI=1S/C19H18N2O5/c1-24-16-8-7-15(9-17(16)25-2)19(23)21-11-18(22)26-12-14-5-3-13(10-20)4-6-14/h3-9H,11-12H2,1-2H3,(H,21,23). The van der Waals surface area contributed by atoms with Gasteiger partial charge in [0.2, 0.25) is 0 Å². The molecule has 1 N–H and O–H groups in total. The number of nitrogens with zero attached hydrogens (tertiary/aromatic N) is 1. The SMILES string of the molecule is COc1ccc(C(=O)NCC(=O)OCc2ccc(C#N)cc2)cc1OC. The Hall–Kier alpha value is -3.53. The summed E-state index contributed by atoms with van der Waals surface area (Å²) in [5.41, 5.74) is 1.62. The van der Waals surface area contributed by atoms with Gasteiger partial charge in [0.25, 0.3) is 5.91 Å². The van der Waals surface area contributed by atoms with Crippen molar-refractivity contribution in [2.45, 2.75) is 6.61 Å². The summed E-state index contributed by atoms with van der Waals surface area (Å²) in [6, 6.07) is 13.4. The van der Waals surface area contributed by atoms with Crippen molar-refractivity contribution in [3.05, 3.63) is 59.2 Å². The molecule has 7 heteroatoms. The molecule has 26 heavy (non-hydrogen) atoms. The number of rotatable bonds is 7. The Labute approximate surface area is 151 Å². The largest absolute Gasteiger partial charge is 0.493 e. The smallest absolute Gasteiger partial charge is 0.325 e. The molecule has 0 bridgehead atoms. The summed E-state index contributed by atoms with van der Waals surface area (Å²) < 4.78 is 15.3. The van der Waals surface area contributed by atoms with Crippen molar-refractivity contribution < 1.29 is 23.8 Å². The monoisotopic (exact) mass is 354 g/mol. The summed E-state index contributed by atoms with van der Waals surface area (Å²) in [7, 11) is 2.97. The number of nitrogens with one attached hydrogen (secondary N) is 1. The van der Waals surface area contributed by atoms with Gasteiger partial charge in [0.05, 0.1) is 25.9 Å². The molecule has 0 spiro atoms. The molecule has 2 rings (SSSR count). The molecule has 2 aromatic rings. The maximum Gasteiger partial charge on any atom is 0.325 e. The zero-order valence-electron chi connectivity index (χ0n) is 14.4. The van der Waals surface area contributed by atoms with Crippen LogP contribution in [0.2, 0.25) is 0 Å². The normalized spacial score (nSPS) is 9.73. The van der Waals surface area contributed by atoms with Crippen molar-refractivity contribution in [3.8, 4) is 17.6 Å². The van der Waals surface area contributed by atoms with Gasteiger partial charge in [-0.15, -0.1) is 0 Å². The number of nitriles is 1. The predicted molar refractivity (Wildman–Crippen MR) is 92.8 cm³/mol. The molecule has 0 aliphatic carbocycles. The molecular weight excluding hydrogens is 336 g/mol. The van der Waals surface area contributed by atoms with E-state index < -0.39 is 11.9 Å². The van der Waals surface area contributed by atoms with E-state index in [1.807, 2.05) is 6.07 Å². The molecule has 1 amide bonds. The van der Waals surface area contributed by atoms with Crippen molar-refractivity contribution >= 4 is 11.9 Å². The van der Waals surface area contributed by atoms with E-state index in [1.54, 1.807) is 36.4 Å². The van der Waals surface area contributed by atoms with E-state index in [9.17, 15) is 9.59 Å². The second kappa shape index (κ2) is 9.08. The number of benzene rings is 2. The fourth-order valence-corrected chi connectivity index (χ4v) is 2.12. The van der Waals surface area contributed by atoms with Crippen LogP contribution in [-0.2, 0) is 16.1 Å². The lowest BCUT2D eigenvalue weighted by atomic mass is 10.2. The van der Waals surface area contributed by atoms with Crippen LogP contribution in [0.3, 0.4) is 0 Å². The Bertz CT molecular complexity index is 825. The molecule has 0 aromatic heterocycles. The van der Waals surface area contributed by atoms with Gasteiger partial charge < -0.3 is 19.5 Å². The summed E-state index contributed by atoms with van der Waals surface area (Å²) in [4.78, 5) is 23.9. The second-order valence-electron chi connectivity index (χ2n) is 5.22. The van der Waals surface area contributed by atoms with Gasteiger partial charge >= 0.3 is 5.97 Å². The Morgan fingerprint density at radius 3 is 2.35 bits per heavy atom. The van der Waals surface area contributed by atoms with Crippen LogP contribution < -0.4 is 14.8 Å². The van der Waals surface area contributed by atoms with E-state index in [0.717, 1.165) is 5.56 Å². The number of carbonyl (C=O) groups excluding carboxylic acids is 2. The topological polar surface area (TPSA) is 97.6 Å². The average molecular weight is 354 g/mol. The summed E-state index contributed by atoms with van der Waals surface area (Å²) in [6.07, 6.45) is 0. The average Bonchev–Trinajstić information content (AvgIpc) is 2.70. The molecule has 0 aliphatic heterocycles. The third-order valence-corrected chi connectivity index (χ3v) is 3.52. The van der Waals surface area contributed by atoms with Crippen LogP contribution in [0, 0.1) is 11.3 Å². The van der Waals surface area contributed by atoms with Crippen LogP contribution in [0.4, 0.5) is 0 Å². The minimum absolute atomic E-state index is 0.0662. The minimum Gasteiger partial charge on any atom is -0.493 e. The van der Waals surface area contributed by atoms with Gasteiger partial charge in [-0.25, -0.2) is 0 Å². The predicted octanol–water partition coefficient (Wildman–Crippen LogP) is 2.05. The highest BCUT2D eigenvalue weighted by Gasteiger charge is 2.12. The number of amides is 1. The zero-order chi connectivity index (χ0) is 18.9. The quantitative estimate of drug-likeness (QED) is 0.764. The van der Waals surface area contributed by atoms with E-state index >= 15 is 0 Å². The van der Waals surface area contributed by atoms with E-state index in [0.29, 0.717) is 22.6 Å². The summed E-state index contributed by atoms with van der Waals surface area (Å²) in [6.45, 7) is -0.194. The third kappa shape index (κ3) is 4.98. The van der Waals surface area contributed by atoms with Crippen molar-refractivity contribution in [2.75, 3.05) is 20.8 Å². The molecule has 0 saturated heterocycles. The van der Waals surface area contributed by atoms with Crippen molar-refractivity contribution in [1.82, 2.24) is 5.32 Å². The van der Waals surface area contributed by atoms with E-state index in [1.165, 1.54) is 20.3 Å². The van der Waals surface area contributed by atoms with E-state index in [2.05, 4.69) is 5.32 Å². The molecule has 0 heterocycles. The molecule has 2 aromatic carbocycles. The lowest BCUT2D eigenvalue weighted by Gasteiger charge is -2.10. The highest BCUT2D eigenvalue weighted by atomic mass is 16.5. The molecule has 7 nitrogen and oxygen atoms in total. The Morgan fingerprint density at radius 1 is 1.04 bits per heavy atom. The number of methoxy groups -OCH3 is 2. The Morgan fingerprint density at radius 2 is 1.73 bits per heavy atom. The van der Waals surface area contributed by atoms with E-state index in [4.69, 9.17) is 19.5 Å². The number of ether oxygens (including phenoxy) is 3. The van der Waals surface area contributed by atoms with Crippen LogP contribution in [0.5, 0.6) is 11.5 Å².